The number of rotatable bonds is 4. The maximum atomic E-state index is 13.4. The molecule has 9 heteroatoms. The first kappa shape index (κ1) is 18.3. The molecule has 1 fully saturated rings. The molecule has 0 saturated carbocycles. The molecule has 24 heavy (non-hydrogen) atoms. The molecule has 1 aromatic heterocycles. The smallest absolute Gasteiger partial charge is 0.425 e. The molecule has 2 rings (SSSR count). The Morgan fingerprint density at radius 1 is 1.46 bits per heavy atom. The van der Waals surface area contributed by atoms with Crippen molar-refractivity contribution < 1.29 is 32.3 Å². The fraction of sp³-hybridized carbons (Fsp3) is 0.600. The van der Waals surface area contributed by atoms with Gasteiger partial charge in [-0.2, -0.15) is 13.2 Å². The van der Waals surface area contributed by atoms with E-state index in [0.29, 0.717) is 0 Å². The number of hydrogen-bond acceptors (Lipinski definition) is 4. The summed E-state index contributed by atoms with van der Waals surface area (Å²) in [5.74, 6) is -1.92. The van der Waals surface area contributed by atoms with Crippen LogP contribution in [0.3, 0.4) is 0 Å². The normalized spacial score (nSPS) is 21.3. The van der Waals surface area contributed by atoms with Crippen LogP contribution in [0.1, 0.15) is 31.3 Å². The van der Waals surface area contributed by atoms with Crippen molar-refractivity contribution in [2.24, 2.45) is 0 Å². The molecule has 0 aromatic carbocycles. The second-order valence-corrected chi connectivity index (χ2v) is 5.75. The van der Waals surface area contributed by atoms with Crippen molar-refractivity contribution in [3.8, 4) is 0 Å². The van der Waals surface area contributed by atoms with Crippen molar-refractivity contribution in [3.63, 3.8) is 0 Å². The van der Waals surface area contributed by atoms with Gasteiger partial charge in [-0.3, -0.25) is 9.59 Å². The third kappa shape index (κ3) is 3.26. The summed E-state index contributed by atoms with van der Waals surface area (Å²) >= 11 is 0. The molecule has 0 bridgehead atoms. The van der Waals surface area contributed by atoms with Crippen molar-refractivity contribution in [1.29, 1.82) is 0 Å². The first-order chi connectivity index (χ1) is 11.1. The molecule has 2 heterocycles. The number of alkyl halides is 3. The minimum absolute atomic E-state index is 0.0915. The lowest BCUT2D eigenvalue weighted by atomic mass is 9.94. The van der Waals surface area contributed by atoms with Gasteiger partial charge in [0.05, 0.1) is 6.42 Å². The lowest BCUT2D eigenvalue weighted by Gasteiger charge is -2.37. The molecule has 2 unspecified atom stereocenters. The maximum Gasteiger partial charge on any atom is 0.425 e. The zero-order valence-electron chi connectivity index (χ0n) is 13.3. The van der Waals surface area contributed by atoms with Gasteiger partial charge < -0.3 is 19.7 Å². The Hall–Kier alpha value is -2.03. The van der Waals surface area contributed by atoms with Crippen LogP contribution in [0.25, 0.3) is 0 Å². The number of halogens is 3. The highest BCUT2D eigenvalue weighted by molar-refractivity contribution is 5.89. The number of nitrogens with one attached hydrogen (secondary N) is 1. The van der Waals surface area contributed by atoms with Gasteiger partial charge in [-0.05, 0) is 25.5 Å². The molecule has 2 amide bonds. The SMILES string of the molecule is CCC1C(=O)NCCN1C(=O)CC(O)(c1ccc(C)o1)C(F)(F)F. The minimum Gasteiger partial charge on any atom is -0.463 e. The summed E-state index contributed by atoms with van der Waals surface area (Å²) < 4.78 is 45.2. The predicted molar refractivity (Wildman–Crippen MR) is 76.8 cm³/mol. The molecule has 1 aliphatic heterocycles. The molecule has 134 valence electrons. The standard InChI is InChI=1S/C15H19F3N2O4/c1-3-10-13(22)19-6-7-20(10)12(21)8-14(23,15(16,17)18)11-5-4-9(2)24-11/h4-5,10,23H,3,6-8H2,1-2H3,(H,19,22). The van der Waals surface area contributed by atoms with Crippen LogP contribution < -0.4 is 5.32 Å². The van der Waals surface area contributed by atoms with Crippen molar-refractivity contribution in [3.05, 3.63) is 23.7 Å². The zero-order chi connectivity index (χ0) is 18.1. The fourth-order valence-electron chi connectivity index (χ4n) is 2.72. The van der Waals surface area contributed by atoms with E-state index in [-0.39, 0.29) is 25.3 Å². The molecule has 0 spiro atoms. The number of hydrogen-bond donors (Lipinski definition) is 2. The second-order valence-electron chi connectivity index (χ2n) is 5.75. The van der Waals surface area contributed by atoms with Crippen LogP contribution in [0, 0.1) is 6.92 Å². The maximum absolute atomic E-state index is 13.4. The van der Waals surface area contributed by atoms with E-state index in [1.165, 1.54) is 13.0 Å². The van der Waals surface area contributed by atoms with E-state index in [0.717, 1.165) is 11.0 Å². The molecule has 2 atom stereocenters. The van der Waals surface area contributed by atoms with E-state index in [1.807, 2.05) is 0 Å². The Labute approximate surface area is 136 Å². The van der Waals surface area contributed by atoms with E-state index in [2.05, 4.69) is 5.32 Å². The number of amides is 2. The zero-order valence-corrected chi connectivity index (χ0v) is 13.3. The second kappa shape index (κ2) is 6.46. The van der Waals surface area contributed by atoms with Gasteiger partial charge in [-0.1, -0.05) is 6.92 Å². The fourth-order valence-corrected chi connectivity index (χ4v) is 2.72. The largest absolute Gasteiger partial charge is 0.463 e. The lowest BCUT2D eigenvalue weighted by molar-refractivity contribution is -0.274. The van der Waals surface area contributed by atoms with Crippen LogP contribution in [0.2, 0.25) is 0 Å². The van der Waals surface area contributed by atoms with Gasteiger partial charge in [0.2, 0.25) is 17.4 Å². The van der Waals surface area contributed by atoms with E-state index < -0.39 is 41.8 Å². The van der Waals surface area contributed by atoms with Crippen LogP contribution >= 0.6 is 0 Å². The molecule has 1 aliphatic rings. The van der Waals surface area contributed by atoms with Gasteiger partial charge in [0.15, 0.2) is 0 Å². The molecule has 2 N–H and O–H groups in total. The van der Waals surface area contributed by atoms with Crippen LogP contribution in [-0.2, 0) is 15.2 Å². The van der Waals surface area contributed by atoms with Gasteiger partial charge in [-0.15, -0.1) is 0 Å². The van der Waals surface area contributed by atoms with Gasteiger partial charge >= 0.3 is 6.18 Å². The molecular weight excluding hydrogens is 329 g/mol. The Bertz CT molecular complexity index is 628. The van der Waals surface area contributed by atoms with Crippen LogP contribution in [0.5, 0.6) is 0 Å². The highest BCUT2D eigenvalue weighted by atomic mass is 19.4. The number of carbonyl (C=O) groups excluding carboxylic acids is 2. The average Bonchev–Trinajstić information content (AvgIpc) is 2.92. The summed E-state index contributed by atoms with van der Waals surface area (Å²) in [5, 5.41) is 12.8. The summed E-state index contributed by atoms with van der Waals surface area (Å²) in [6, 6.07) is 1.43. The van der Waals surface area contributed by atoms with Crippen molar-refractivity contribution in [2.45, 2.75) is 44.5 Å². The molecule has 1 saturated heterocycles. The molecular formula is C15H19F3N2O4. The Kier molecular flexibility index (Phi) is 4.93. The number of carbonyl (C=O) groups is 2. The summed E-state index contributed by atoms with van der Waals surface area (Å²) in [5.41, 5.74) is -3.44. The highest BCUT2D eigenvalue weighted by Crippen LogP contribution is 2.42. The average molecular weight is 348 g/mol. The summed E-state index contributed by atoms with van der Waals surface area (Å²) in [4.78, 5) is 25.2. The van der Waals surface area contributed by atoms with Crippen molar-refractivity contribution in [1.82, 2.24) is 10.2 Å². The third-order valence-electron chi connectivity index (χ3n) is 4.06. The molecule has 0 radical (unpaired) electrons. The predicted octanol–water partition coefficient (Wildman–Crippen LogP) is 1.47. The van der Waals surface area contributed by atoms with E-state index in [9.17, 15) is 27.9 Å². The van der Waals surface area contributed by atoms with Crippen molar-refractivity contribution >= 4 is 11.8 Å². The highest BCUT2D eigenvalue weighted by Gasteiger charge is 2.59. The Balaban J connectivity index is 2.30. The summed E-state index contributed by atoms with van der Waals surface area (Å²) in [7, 11) is 0. The first-order valence-electron chi connectivity index (χ1n) is 7.53. The van der Waals surface area contributed by atoms with Gasteiger partial charge in [-0.25, -0.2) is 0 Å². The minimum atomic E-state index is -5.10. The quantitative estimate of drug-likeness (QED) is 0.863. The van der Waals surface area contributed by atoms with Gasteiger partial charge in [0, 0.05) is 13.1 Å². The molecule has 1 aromatic rings. The van der Waals surface area contributed by atoms with Gasteiger partial charge in [0.25, 0.3) is 0 Å². The number of furan rings is 1. The van der Waals surface area contributed by atoms with Crippen LogP contribution in [-0.4, -0.2) is 47.1 Å². The third-order valence-corrected chi connectivity index (χ3v) is 4.06. The van der Waals surface area contributed by atoms with Gasteiger partial charge in [0.1, 0.15) is 17.6 Å². The van der Waals surface area contributed by atoms with Crippen molar-refractivity contribution in [2.75, 3.05) is 13.1 Å². The van der Waals surface area contributed by atoms with E-state index in [1.54, 1.807) is 6.92 Å². The topological polar surface area (TPSA) is 82.8 Å². The number of nitrogens with zero attached hydrogens (tertiary/aromatic N) is 1. The van der Waals surface area contributed by atoms with E-state index in [4.69, 9.17) is 4.42 Å². The molecule has 6 nitrogen and oxygen atoms in total. The Morgan fingerprint density at radius 3 is 2.62 bits per heavy atom. The summed E-state index contributed by atoms with van der Waals surface area (Å²) in [6.07, 6.45) is -6.08. The van der Waals surface area contributed by atoms with Crippen LogP contribution in [0.4, 0.5) is 13.2 Å². The number of piperazine rings is 1. The number of aryl methyl sites for hydroxylation is 1. The first-order valence-corrected chi connectivity index (χ1v) is 7.53. The summed E-state index contributed by atoms with van der Waals surface area (Å²) in [6.45, 7) is 3.34. The monoisotopic (exact) mass is 348 g/mol. The Morgan fingerprint density at radius 2 is 2.12 bits per heavy atom. The lowest BCUT2D eigenvalue weighted by Crippen LogP contribution is -2.58. The molecule has 0 aliphatic carbocycles. The number of aliphatic hydroxyl groups is 1. The van der Waals surface area contributed by atoms with E-state index >= 15 is 0 Å². The van der Waals surface area contributed by atoms with Crippen LogP contribution in [0.15, 0.2) is 16.5 Å².